The first kappa shape index (κ1) is 11.0. The molecule has 0 aromatic carbocycles. The van der Waals surface area contributed by atoms with Crippen LogP contribution in [0.15, 0.2) is 5.38 Å². The van der Waals surface area contributed by atoms with Crippen molar-refractivity contribution >= 4 is 22.9 Å². The van der Waals surface area contributed by atoms with E-state index in [1.807, 2.05) is 0 Å². The van der Waals surface area contributed by atoms with Crippen LogP contribution in [0.4, 0.5) is 0 Å². The Morgan fingerprint density at radius 2 is 2.23 bits per heavy atom. The van der Waals surface area contributed by atoms with E-state index in [0.717, 1.165) is 18.0 Å². The predicted octanol–water partition coefficient (Wildman–Crippen LogP) is 3.77. The molecule has 0 amide bonds. The van der Waals surface area contributed by atoms with Crippen molar-refractivity contribution in [3.8, 4) is 0 Å². The minimum absolute atomic E-state index is 0.427. The van der Waals surface area contributed by atoms with Crippen molar-refractivity contribution in [2.45, 2.75) is 33.2 Å². The first-order chi connectivity index (χ1) is 6.20. The summed E-state index contributed by atoms with van der Waals surface area (Å²) >= 11 is 7.94. The van der Waals surface area contributed by atoms with Gasteiger partial charge >= 0.3 is 0 Å². The largest absolute Gasteiger partial charge is 0.309 e. The lowest BCUT2D eigenvalue weighted by Gasteiger charge is -2.14. The van der Waals surface area contributed by atoms with Gasteiger partial charge in [0.15, 0.2) is 0 Å². The Balaban J connectivity index is 2.84. The number of hydrogen-bond acceptors (Lipinski definition) is 2. The lowest BCUT2D eigenvalue weighted by Crippen LogP contribution is -2.19. The average Bonchev–Trinajstić information content (AvgIpc) is 2.45. The number of nitrogens with one attached hydrogen (secondary N) is 1. The van der Waals surface area contributed by atoms with Crippen LogP contribution in [0.5, 0.6) is 0 Å². The van der Waals surface area contributed by atoms with Gasteiger partial charge in [0.2, 0.25) is 0 Å². The van der Waals surface area contributed by atoms with E-state index in [2.05, 4.69) is 31.5 Å². The molecule has 1 N–H and O–H groups in total. The minimum Gasteiger partial charge on any atom is -0.309 e. The van der Waals surface area contributed by atoms with E-state index in [4.69, 9.17) is 11.6 Å². The van der Waals surface area contributed by atoms with Gasteiger partial charge in [-0.25, -0.2) is 0 Å². The van der Waals surface area contributed by atoms with Gasteiger partial charge in [0.05, 0.1) is 5.02 Å². The molecule has 74 valence electrons. The van der Waals surface area contributed by atoms with Crippen LogP contribution in [0.25, 0.3) is 0 Å². The summed E-state index contributed by atoms with van der Waals surface area (Å²) in [7, 11) is 0. The summed E-state index contributed by atoms with van der Waals surface area (Å²) in [6.45, 7) is 7.35. The zero-order valence-corrected chi connectivity index (χ0v) is 9.93. The molecule has 1 nitrogen and oxygen atoms in total. The molecule has 0 fully saturated rings. The van der Waals surface area contributed by atoms with Gasteiger partial charge in [0.25, 0.3) is 0 Å². The Morgan fingerprint density at radius 3 is 2.62 bits per heavy atom. The molecule has 13 heavy (non-hydrogen) atoms. The molecular weight excluding hydrogens is 202 g/mol. The highest BCUT2D eigenvalue weighted by molar-refractivity contribution is 7.10. The van der Waals surface area contributed by atoms with Crippen molar-refractivity contribution in [2.75, 3.05) is 6.54 Å². The quantitative estimate of drug-likeness (QED) is 0.810. The first-order valence-electron chi connectivity index (χ1n) is 4.67. The van der Waals surface area contributed by atoms with Crippen LogP contribution in [0.2, 0.25) is 5.02 Å². The summed E-state index contributed by atoms with van der Waals surface area (Å²) in [6.07, 6.45) is 1.09. The van der Waals surface area contributed by atoms with Crippen molar-refractivity contribution in [2.24, 2.45) is 0 Å². The molecule has 1 aromatic heterocycles. The molecule has 0 spiro atoms. The molecule has 0 radical (unpaired) electrons. The van der Waals surface area contributed by atoms with Crippen molar-refractivity contribution in [1.82, 2.24) is 5.32 Å². The second kappa shape index (κ2) is 4.99. The fraction of sp³-hybridized carbons (Fsp3) is 0.600. The van der Waals surface area contributed by atoms with Gasteiger partial charge in [0.1, 0.15) is 0 Å². The highest BCUT2D eigenvalue weighted by atomic mass is 35.5. The van der Waals surface area contributed by atoms with Crippen LogP contribution in [0, 0.1) is 6.92 Å². The standard InChI is InChI=1S/C10H16ClNS/c1-4-8(12-5-2)10-9(11)7(3)6-13-10/h6,8,12H,4-5H2,1-3H3. The molecule has 0 saturated carbocycles. The SMILES string of the molecule is CCNC(CC)c1scc(C)c1Cl. The summed E-state index contributed by atoms with van der Waals surface area (Å²) in [5.41, 5.74) is 1.19. The highest BCUT2D eigenvalue weighted by Crippen LogP contribution is 2.33. The molecule has 1 aromatic rings. The maximum Gasteiger partial charge on any atom is 0.0590 e. The fourth-order valence-corrected chi connectivity index (χ4v) is 2.84. The zero-order chi connectivity index (χ0) is 9.84. The van der Waals surface area contributed by atoms with Crippen molar-refractivity contribution < 1.29 is 0 Å². The van der Waals surface area contributed by atoms with Gasteiger partial charge in [-0.3, -0.25) is 0 Å². The third kappa shape index (κ3) is 2.46. The second-order valence-electron chi connectivity index (χ2n) is 3.12. The summed E-state index contributed by atoms with van der Waals surface area (Å²) in [6, 6.07) is 0.427. The number of thiophene rings is 1. The van der Waals surface area contributed by atoms with E-state index in [-0.39, 0.29) is 0 Å². The van der Waals surface area contributed by atoms with Gasteiger partial charge in [-0.15, -0.1) is 11.3 Å². The van der Waals surface area contributed by atoms with Gasteiger partial charge in [0, 0.05) is 10.9 Å². The Morgan fingerprint density at radius 1 is 1.54 bits per heavy atom. The number of rotatable bonds is 4. The highest BCUT2D eigenvalue weighted by Gasteiger charge is 2.14. The lowest BCUT2D eigenvalue weighted by atomic mass is 10.1. The van der Waals surface area contributed by atoms with E-state index < -0.39 is 0 Å². The van der Waals surface area contributed by atoms with E-state index in [1.54, 1.807) is 11.3 Å². The van der Waals surface area contributed by atoms with E-state index >= 15 is 0 Å². The summed E-state index contributed by atoms with van der Waals surface area (Å²) < 4.78 is 0. The van der Waals surface area contributed by atoms with Gasteiger partial charge in [-0.05, 0) is 30.8 Å². The molecule has 1 rings (SSSR count). The minimum atomic E-state index is 0.427. The van der Waals surface area contributed by atoms with Gasteiger partial charge < -0.3 is 5.32 Å². The molecule has 0 aliphatic heterocycles. The van der Waals surface area contributed by atoms with Crippen LogP contribution < -0.4 is 5.32 Å². The van der Waals surface area contributed by atoms with Gasteiger partial charge in [-0.1, -0.05) is 25.4 Å². The predicted molar refractivity (Wildman–Crippen MR) is 60.8 cm³/mol. The van der Waals surface area contributed by atoms with Crippen LogP contribution in [-0.2, 0) is 0 Å². The molecule has 3 heteroatoms. The van der Waals surface area contributed by atoms with Crippen LogP contribution >= 0.6 is 22.9 Å². The monoisotopic (exact) mass is 217 g/mol. The number of halogens is 1. The number of aryl methyl sites for hydroxylation is 1. The Hall–Kier alpha value is -0.0500. The first-order valence-corrected chi connectivity index (χ1v) is 5.93. The molecule has 0 saturated heterocycles. The Kier molecular flexibility index (Phi) is 4.23. The third-order valence-corrected chi connectivity index (χ3v) is 3.93. The molecule has 0 aliphatic carbocycles. The molecule has 1 unspecified atom stereocenters. The second-order valence-corrected chi connectivity index (χ2v) is 4.40. The Labute approximate surface area is 89.1 Å². The molecule has 0 bridgehead atoms. The van der Waals surface area contributed by atoms with Crippen molar-refractivity contribution in [3.63, 3.8) is 0 Å². The summed E-state index contributed by atoms with van der Waals surface area (Å²) in [5, 5.41) is 6.49. The summed E-state index contributed by atoms with van der Waals surface area (Å²) in [5.74, 6) is 0. The van der Waals surface area contributed by atoms with Crippen LogP contribution in [0.1, 0.15) is 36.8 Å². The maximum atomic E-state index is 6.19. The Bertz CT molecular complexity index is 270. The van der Waals surface area contributed by atoms with Crippen LogP contribution in [-0.4, -0.2) is 6.54 Å². The smallest absolute Gasteiger partial charge is 0.0590 e. The topological polar surface area (TPSA) is 12.0 Å². The zero-order valence-electron chi connectivity index (χ0n) is 8.36. The normalized spacial score (nSPS) is 13.2. The fourth-order valence-electron chi connectivity index (χ4n) is 1.35. The van der Waals surface area contributed by atoms with E-state index in [9.17, 15) is 0 Å². The van der Waals surface area contributed by atoms with E-state index in [1.165, 1.54) is 10.4 Å². The molecule has 1 atom stereocenters. The summed E-state index contributed by atoms with van der Waals surface area (Å²) in [4.78, 5) is 1.28. The lowest BCUT2D eigenvalue weighted by molar-refractivity contribution is 0.545. The van der Waals surface area contributed by atoms with Crippen molar-refractivity contribution in [1.29, 1.82) is 0 Å². The van der Waals surface area contributed by atoms with E-state index in [0.29, 0.717) is 6.04 Å². The van der Waals surface area contributed by atoms with Gasteiger partial charge in [-0.2, -0.15) is 0 Å². The molecule has 1 heterocycles. The molecular formula is C10H16ClNS. The van der Waals surface area contributed by atoms with Crippen molar-refractivity contribution in [3.05, 3.63) is 20.8 Å². The third-order valence-electron chi connectivity index (χ3n) is 2.10. The number of hydrogen-bond donors (Lipinski definition) is 1. The molecule has 0 aliphatic rings. The van der Waals surface area contributed by atoms with Crippen LogP contribution in [0.3, 0.4) is 0 Å². The average molecular weight is 218 g/mol. The maximum absolute atomic E-state index is 6.19.